The second-order valence-electron chi connectivity index (χ2n) is 4.21. The minimum absolute atomic E-state index is 0.144. The molecule has 10 heteroatoms. The van der Waals surface area contributed by atoms with E-state index in [0.717, 1.165) is 11.0 Å². The molecule has 2 rings (SSSR count). The molecule has 0 aliphatic carbocycles. The van der Waals surface area contributed by atoms with E-state index in [2.05, 4.69) is 4.98 Å². The molecular formula is C10H8F4N2O3S. The Morgan fingerprint density at radius 3 is 2.35 bits per heavy atom. The van der Waals surface area contributed by atoms with Gasteiger partial charge in [0.25, 0.3) is 0 Å². The van der Waals surface area contributed by atoms with E-state index in [0.29, 0.717) is 12.3 Å². The van der Waals surface area contributed by atoms with Gasteiger partial charge >= 0.3 is 16.4 Å². The van der Waals surface area contributed by atoms with Gasteiger partial charge in [-0.05, 0) is 12.1 Å². The topological polar surface area (TPSA) is 67.3 Å². The summed E-state index contributed by atoms with van der Waals surface area (Å²) in [5.74, 6) is -0.849. The molecule has 1 unspecified atom stereocenters. The lowest BCUT2D eigenvalue weighted by atomic mass is 10.3. The summed E-state index contributed by atoms with van der Waals surface area (Å²) in [6.07, 6.45) is -4.59. The van der Waals surface area contributed by atoms with Gasteiger partial charge in [0.15, 0.2) is 0 Å². The van der Waals surface area contributed by atoms with Crippen LogP contribution in [0.2, 0.25) is 0 Å². The Bertz CT molecular complexity index is 627. The van der Waals surface area contributed by atoms with E-state index >= 15 is 0 Å². The number of nitrogens with zero attached hydrogens (tertiary/aromatic N) is 2. The highest BCUT2D eigenvalue weighted by Crippen LogP contribution is 2.30. The molecular weight excluding hydrogens is 304 g/mol. The fourth-order valence-corrected chi connectivity index (χ4v) is 2.47. The molecule has 1 aliphatic heterocycles. The van der Waals surface area contributed by atoms with Crippen LogP contribution in [0.1, 0.15) is 12.0 Å². The van der Waals surface area contributed by atoms with Crippen LogP contribution in [0.15, 0.2) is 18.3 Å². The average Bonchev–Trinajstić information content (AvgIpc) is 2.70. The zero-order valence-corrected chi connectivity index (χ0v) is 10.6. The number of halogens is 4. The van der Waals surface area contributed by atoms with Crippen LogP contribution in [-0.2, 0) is 21.2 Å². The van der Waals surface area contributed by atoms with Gasteiger partial charge in [0.1, 0.15) is 11.1 Å². The molecule has 1 saturated heterocycles. The molecule has 0 aromatic carbocycles. The van der Waals surface area contributed by atoms with Crippen LogP contribution in [0.3, 0.4) is 0 Å². The minimum atomic E-state index is -4.88. The molecule has 0 spiro atoms. The van der Waals surface area contributed by atoms with Gasteiger partial charge in [-0.25, -0.2) is 4.98 Å². The molecule has 1 aromatic rings. The molecule has 20 heavy (non-hydrogen) atoms. The van der Waals surface area contributed by atoms with Gasteiger partial charge in [0.2, 0.25) is 5.91 Å². The normalized spacial score (nSPS) is 20.5. The van der Waals surface area contributed by atoms with Crippen molar-refractivity contribution in [2.24, 2.45) is 0 Å². The summed E-state index contributed by atoms with van der Waals surface area (Å²) in [7, 11) is -4.88. The molecule has 1 aromatic heterocycles. The number of alkyl halides is 3. The molecule has 110 valence electrons. The van der Waals surface area contributed by atoms with Crippen LogP contribution >= 0.6 is 0 Å². The van der Waals surface area contributed by atoms with Gasteiger partial charge in [-0.15, -0.1) is 3.89 Å². The second-order valence-corrected chi connectivity index (χ2v) is 5.83. The lowest BCUT2D eigenvalue weighted by molar-refractivity contribution is -0.137. The predicted octanol–water partition coefficient (Wildman–Crippen LogP) is 1.51. The summed E-state index contributed by atoms with van der Waals surface area (Å²) in [4.78, 5) is 15.9. The highest BCUT2D eigenvalue weighted by Gasteiger charge is 2.40. The number of carbonyl (C=O) groups excluding carboxylic acids is 1. The van der Waals surface area contributed by atoms with Crippen molar-refractivity contribution in [2.45, 2.75) is 17.8 Å². The Hall–Kier alpha value is -1.71. The van der Waals surface area contributed by atoms with Crippen LogP contribution in [0, 0.1) is 0 Å². The summed E-state index contributed by atoms with van der Waals surface area (Å²) in [5, 5.41) is -1.51. The quantitative estimate of drug-likeness (QED) is 0.613. The maximum absolute atomic E-state index is 12.8. The number of carbonyl (C=O) groups is 1. The van der Waals surface area contributed by atoms with E-state index < -0.39 is 46.1 Å². The van der Waals surface area contributed by atoms with Crippen LogP contribution in [0.25, 0.3) is 0 Å². The van der Waals surface area contributed by atoms with E-state index in [1.165, 1.54) is 0 Å². The Labute approximate surface area is 111 Å². The fraction of sp³-hybridized carbons (Fsp3) is 0.400. The number of aromatic nitrogens is 1. The zero-order valence-electron chi connectivity index (χ0n) is 9.76. The van der Waals surface area contributed by atoms with E-state index in [1.54, 1.807) is 0 Å². The number of pyridine rings is 1. The first-order valence-electron chi connectivity index (χ1n) is 5.36. The Balaban J connectivity index is 2.23. The average molecular weight is 312 g/mol. The number of rotatable bonds is 2. The van der Waals surface area contributed by atoms with Gasteiger partial charge in [0, 0.05) is 19.2 Å². The smallest absolute Gasteiger partial charge is 0.295 e. The first kappa shape index (κ1) is 14.7. The van der Waals surface area contributed by atoms with E-state index in [9.17, 15) is 30.3 Å². The van der Waals surface area contributed by atoms with Crippen LogP contribution in [0.5, 0.6) is 0 Å². The fourth-order valence-electron chi connectivity index (χ4n) is 1.80. The largest absolute Gasteiger partial charge is 0.417 e. The highest BCUT2D eigenvalue weighted by atomic mass is 32.3. The third-order valence-corrected chi connectivity index (χ3v) is 3.95. The van der Waals surface area contributed by atoms with Crippen molar-refractivity contribution in [1.29, 1.82) is 0 Å². The Kier molecular flexibility index (Phi) is 3.44. The molecule has 1 amide bonds. The third kappa shape index (κ3) is 2.89. The van der Waals surface area contributed by atoms with Crippen LogP contribution < -0.4 is 4.90 Å². The molecule has 0 bridgehead atoms. The van der Waals surface area contributed by atoms with Crippen molar-refractivity contribution in [3.05, 3.63) is 23.9 Å². The number of anilines is 1. The van der Waals surface area contributed by atoms with Crippen molar-refractivity contribution < 1.29 is 30.3 Å². The maximum Gasteiger partial charge on any atom is 0.417 e. The predicted molar refractivity (Wildman–Crippen MR) is 60.0 cm³/mol. The van der Waals surface area contributed by atoms with Gasteiger partial charge in [-0.1, -0.05) is 0 Å². The van der Waals surface area contributed by atoms with Gasteiger partial charge in [-0.2, -0.15) is 21.6 Å². The summed E-state index contributed by atoms with van der Waals surface area (Å²) in [6.45, 7) is -0.462. The first-order valence-corrected chi connectivity index (χ1v) is 6.81. The van der Waals surface area contributed by atoms with Crippen molar-refractivity contribution in [2.75, 3.05) is 11.4 Å². The summed E-state index contributed by atoms with van der Waals surface area (Å²) >= 11 is 0. The Morgan fingerprint density at radius 1 is 1.30 bits per heavy atom. The number of amides is 1. The summed E-state index contributed by atoms with van der Waals surface area (Å²) in [6, 6.07) is 1.65. The first-order chi connectivity index (χ1) is 9.09. The van der Waals surface area contributed by atoms with Gasteiger partial charge in [0.05, 0.1) is 5.56 Å². The number of hydrogen-bond donors (Lipinski definition) is 0. The lowest BCUT2D eigenvalue weighted by Gasteiger charge is -2.15. The summed E-state index contributed by atoms with van der Waals surface area (Å²) in [5.41, 5.74) is -0.998. The van der Waals surface area contributed by atoms with E-state index in [4.69, 9.17) is 0 Å². The minimum Gasteiger partial charge on any atom is -0.295 e. The third-order valence-electron chi connectivity index (χ3n) is 2.84. The molecule has 1 aliphatic rings. The monoisotopic (exact) mass is 312 g/mol. The van der Waals surface area contributed by atoms with Crippen molar-refractivity contribution in [3.8, 4) is 0 Å². The maximum atomic E-state index is 12.8. The van der Waals surface area contributed by atoms with Crippen molar-refractivity contribution >= 4 is 21.9 Å². The summed E-state index contributed by atoms with van der Waals surface area (Å²) < 4.78 is 71.3. The lowest BCUT2D eigenvalue weighted by Crippen LogP contribution is -2.27. The second kappa shape index (κ2) is 4.69. The molecule has 1 atom stereocenters. The molecule has 2 heterocycles. The standard InChI is InChI=1S/C10H8F4N2O3S/c11-10(12,13)6-1-2-8(15-4-6)16-5-7(3-9(16)17)20(14,18)19/h1-2,4,7H,3,5H2. The van der Waals surface area contributed by atoms with E-state index in [-0.39, 0.29) is 5.82 Å². The molecule has 0 radical (unpaired) electrons. The molecule has 1 fully saturated rings. The molecule has 0 N–H and O–H groups in total. The van der Waals surface area contributed by atoms with Crippen molar-refractivity contribution in [1.82, 2.24) is 4.98 Å². The number of hydrogen-bond acceptors (Lipinski definition) is 4. The van der Waals surface area contributed by atoms with Gasteiger partial charge in [-0.3, -0.25) is 9.69 Å². The SMILES string of the molecule is O=C1CC(S(=O)(=O)F)CN1c1ccc(C(F)(F)F)cn1. The van der Waals surface area contributed by atoms with Crippen molar-refractivity contribution in [3.63, 3.8) is 0 Å². The van der Waals surface area contributed by atoms with Gasteiger partial charge < -0.3 is 0 Å². The van der Waals surface area contributed by atoms with E-state index in [1.807, 2.05) is 0 Å². The van der Waals surface area contributed by atoms with Crippen LogP contribution in [-0.4, -0.2) is 31.1 Å². The van der Waals surface area contributed by atoms with Crippen LogP contribution in [0.4, 0.5) is 22.9 Å². The highest BCUT2D eigenvalue weighted by molar-refractivity contribution is 7.87. The Morgan fingerprint density at radius 2 is 1.95 bits per heavy atom. The zero-order chi connectivity index (χ0) is 15.1. The molecule has 5 nitrogen and oxygen atoms in total. The molecule has 0 saturated carbocycles.